The van der Waals surface area contributed by atoms with Crippen LogP contribution in [0.1, 0.15) is 75.6 Å². The summed E-state index contributed by atoms with van der Waals surface area (Å²) < 4.78 is 5.26. The van der Waals surface area contributed by atoms with Crippen LogP contribution in [-0.4, -0.2) is 30.4 Å². The summed E-state index contributed by atoms with van der Waals surface area (Å²) in [6.07, 6.45) is 9.21. The zero-order valence-corrected chi connectivity index (χ0v) is 18.6. The minimum atomic E-state index is -0.745. The molecule has 1 aromatic carbocycles. The standard InChI is InChI=1S/C25H34N2O4/c1-3-4-9-31-24(30)20-7-5-6-8-21(20)27-23(29)22(28)26-16(2)25-13-17-10-18(14-25)12-19(11-17)15-25/h5-8,16-19H,3-4,9-15H2,1-2H3,(H,26,28)(H,27,29). The van der Waals surface area contributed by atoms with E-state index in [1.54, 1.807) is 24.3 Å². The van der Waals surface area contributed by atoms with Gasteiger partial charge in [0.05, 0.1) is 17.9 Å². The number of carbonyl (C=O) groups is 3. The first-order chi connectivity index (χ1) is 14.9. The van der Waals surface area contributed by atoms with Crippen LogP contribution >= 0.6 is 0 Å². The Morgan fingerprint density at radius 1 is 1.03 bits per heavy atom. The van der Waals surface area contributed by atoms with Gasteiger partial charge in [-0.25, -0.2) is 4.79 Å². The third-order valence-electron chi connectivity index (χ3n) is 7.68. The van der Waals surface area contributed by atoms with E-state index in [1.807, 2.05) is 6.92 Å². The number of hydrogen-bond acceptors (Lipinski definition) is 4. The Balaban J connectivity index is 1.37. The second-order valence-electron chi connectivity index (χ2n) is 9.96. The number of amides is 2. The van der Waals surface area contributed by atoms with Crippen LogP contribution in [-0.2, 0) is 14.3 Å². The van der Waals surface area contributed by atoms with E-state index in [-0.39, 0.29) is 17.0 Å². The Kier molecular flexibility index (Phi) is 6.35. The highest BCUT2D eigenvalue weighted by molar-refractivity contribution is 6.40. The summed E-state index contributed by atoms with van der Waals surface area (Å²) in [5.41, 5.74) is 0.687. The van der Waals surface area contributed by atoms with Crippen LogP contribution in [0.25, 0.3) is 0 Å². The van der Waals surface area contributed by atoms with E-state index < -0.39 is 17.8 Å². The van der Waals surface area contributed by atoms with Crippen LogP contribution in [0, 0.1) is 23.2 Å². The van der Waals surface area contributed by atoms with Gasteiger partial charge in [-0.2, -0.15) is 0 Å². The number of anilines is 1. The number of rotatable bonds is 7. The van der Waals surface area contributed by atoms with Gasteiger partial charge in [0.25, 0.3) is 0 Å². The minimum Gasteiger partial charge on any atom is -0.462 e. The van der Waals surface area contributed by atoms with Gasteiger partial charge in [-0.05, 0) is 87.2 Å². The zero-order valence-electron chi connectivity index (χ0n) is 18.6. The summed E-state index contributed by atoms with van der Waals surface area (Å²) in [5, 5.41) is 5.59. The molecule has 0 radical (unpaired) electrons. The second-order valence-corrected chi connectivity index (χ2v) is 9.96. The van der Waals surface area contributed by atoms with Gasteiger partial charge < -0.3 is 15.4 Å². The van der Waals surface area contributed by atoms with Crippen molar-refractivity contribution in [1.29, 1.82) is 0 Å². The normalized spacial score (nSPS) is 29.3. The largest absolute Gasteiger partial charge is 0.462 e. The lowest BCUT2D eigenvalue weighted by atomic mass is 9.48. The van der Waals surface area contributed by atoms with E-state index in [9.17, 15) is 14.4 Å². The molecule has 5 rings (SSSR count). The summed E-state index contributed by atoms with van der Waals surface area (Å²) >= 11 is 0. The number of unbranched alkanes of at least 4 members (excludes halogenated alkanes) is 1. The van der Waals surface area contributed by atoms with Gasteiger partial charge in [0.15, 0.2) is 0 Å². The Morgan fingerprint density at radius 3 is 2.26 bits per heavy atom. The molecule has 0 spiro atoms. The molecule has 6 nitrogen and oxygen atoms in total. The molecule has 1 atom stereocenters. The summed E-state index contributed by atoms with van der Waals surface area (Å²) in [6.45, 7) is 4.41. The molecule has 4 saturated carbocycles. The van der Waals surface area contributed by atoms with Crippen molar-refractivity contribution >= 4 is 23.5 Å². The molecular weight excluding hydrogens is 392 g/mol. The van der Waals surface area contributed by atoms with Crippen molar-refractivity contribution in [3.8, 4) is 0 Å². The maximum atomic E-state index is 12.7. The predicted molar refractivity (Wildman–Crippen MR) is 118 cm³/mol. The smallest absolute Gasteiger partial charge is 0.340 e. The molecular formula is C25H34N2O4. The first-order valence-electron chi connectivity index (χ1n) is 11.8. The molecule has 4 bridgehead atoms. The van der Waals surface area contributed by atoms with E-state index in [1.165, 1.54) is 19.3 Å². The van der Waals surface area contributed by atoms with Gasteiger partial charge in [-0.1, -0.05) is 25.5 Å². The summed E-state index contributed by atoms with van der Waals surface area (Å²) in [7, 11) is 0. The number of ether oxygens (including phenoxy) is 1. The Bertz CT molecular complexity index is 814. The number of hydrogen-bond donors (Lipinski definition) is 2. The molecule has 0 aliphatic heterocycles. The van der Waals surface area contributed by atoms with Crippen molar-refractivity contribution in [2.45, 2.75) is 71.3 Å². The topological polar surface area (TPSA) is 84.5 Å². The van der Waals surface area contributed by atoms with E-state index >= 15 is 0 Å². The van der Waals surface area contributed by atoms with Crippen molar-refractivity contribution in [2.24, 2.45) is 23.2 Å². The third kappa shape index (κ3) is 4.63. The Morgan fingerprint density at radius 2 is 1.65 bits per heavy atom. The van der Waals surface area contributed by atoms with Crippen LogP contribution in [0.3, 0.4) is 0 Å². The van der Waals surface area contributed by atoms with Crippen LogP contribution in [0.2, 0.25) is 0 Å². The minimum absolute atomic E-state index is 0.0339. The number of para-hydroxylation sites is 1. The first kappa shape index (κ1) is 21.8. The molecule has 2 N–H and O–H groups in total. The summed E-state index contributed by atoms with van der Waals surface area (Å²) in [6, 6.07) is 6.60. The van der Waals surface area contributed by atoms with Gasteiger partial charge in [0.1, 0.15) is 0 Å². The average molecular weight is 427 g/mol. The quantitative estimate of drug-likeness (QED) is 0.387. The van der Waals surface area contributed by atoms with E-state index in [2.05, 4.69) is 17.6 Å². The average Bonchev–Trinajstić information content (AvgIpc) is 2.73. The molecule has 6 heteroatoms. The molecule has 1 aromatic rings. The highest BCUT2D eigenvalue weighted by Crippen LogP contribution is 2.61. The van der Waals surface area contributed by atoms with E-state index in [0.717, 1.165) is 49.9 Å². The monoisotopic (exact) mass is 426 g/mol. The lowest BCUT2D eigenvalue weighted by Gasteiger charge is -2.59. The fourth-order valence-corrected chi connectivity index (χ4v) is 6.46. The van der Waals surface area contributed by atoms with Crippen LogP contribution in [0.5, 0.6) is 0 Å². The van der Waals surface area contributed by atoms with Gasteiger partial charge >= 0.3 is 17.8 Å². The van der Waals surface area contributed by atoms with Crippen molar-refractivity contribution in [3.63, 3.8) is 0 Å². The predicted octanol–water partition coefficient (Wildman–Crippen LogP) is 4.30. The lowest BCUT2D eigenvalue weighted by Crippen LogP contribution is -2.57. The number of benzene rings is 1. The SMILES string of the molecule is CCCCOC(=O)c1ccccc1NC(=O)C(=O)NC(C)C12CC3CC(CC(C3)C1)C2. The van der Waals surface area contributed by atoms with Crippen LogP contribution in [0.4, 0.5) is 5.69 Å². The molecule has 4 aliphatic rings. The second kappa shape index (κ2) is 9.01. The Hall–Kier alpha value is -2.37. The van der Waals surface area contributed by atoms with Gasteiger partial charge in [0, 0.05) is 6.04 Å². The van der Waals surface area contributed by atoms with E-state index in [4.69, 9.17) is 4.74 Å². The van der Waals surface area contributed by atoms with Crippen molar-refractivity contribution in [1.82, 2.24) is 5.32 Å². The van der Waals surface area contributed by atoms with Crippen LogP contribution < -0.4 is 10.6 Å². The molecule has 0 aromatic heterocycles. The maximum Gasteiger partial charge on any atom is 0.340 e. The summed E-state index contributed by atoms with van der Waals surface area (Å²) in [4.78, 5) is 37.7. The fraction of sp³-hybridized carbons (Fsp3) is 0.640. The van der Waals surface area contributed by atoms with Crippen molar-refractivity contribution in [3.05, 3.63) is 29.8 Å². The van der Waals surface area contributed by atoms with Gasteiger partial charge in [-0.15, -0.1) is 0 Å². The molecule has 168 valence electrons. The molecule has 31 heavy (non-hydrogen) atoms. The van der Waals surface area contributed by atoms with Crippen molar-refractivity contribution < 1.29 is 19.1 Å². The lowest BCUT2D eigenvalue weighted by molar-refractivity contribution is -0.138. The highest BCUT2D eigenvalue weighted by Gasteiger charge is 2.53. The van der Waals surface area contributed by atoms with Crippen molar-refractivity contribution in [2.75, 3.05) is 11.9 Å². The van der Waals surface area contributed by atoms with E-state index in [0.29, 0.717) is 12.3 Å². The van der Waals surface area contributed by atoms with Gasteiger partial charge in [0.2, 0.25) is 0 Å². The van der Waals surface area contributed by atoms with Gasteiger partial charge in [-0.3, -0.25) is 9.59 Å². The first-order valence-corrected chi connectivity index (χ1v) is 11.8. The number of esters is 1. The van der Waals surface area contributed by atoms with Crippen LogP contribution in [0.15, 0.2) is 24.3 Å². The molecule has 0 heterocycles. The molecule has 4 fully saturated rings. The molecule has 2 amide bonds. The fourth-order valence-electron chi connectivity index (χ4n) is 6.46. The molecule has 4 aliphatic carbocycles. The Labute approximate surface area is 184 Å². The zero-order chi connectivity index (χ0) is 22.0. The number of carbonyl (C=O) groups excluding carboxylic acids is 3. The molecule has 1 unspecified atom stereocenters. The maximum absolute atomic E-state index is 12.7. The highest BCUT2D eigenvalue weighted by atomic mass is 16.5. The number of nitrogens with one attached hydrogen (secondary N) is 2. The summed E-state index contributed by atoms with van der Waals surface area (Å²) in [5.74, 6) is 0.467. The molecule has 0 saturated heterocycles. The third-order valence-corrected chi connectivity index (χ3v) is 7.68.